The first-order valence-corrected chi connectivity index (χ1v) is 10.3. The van der Waals surface area contributed by atoms with E-state index in [1.165, 1.54) is 45.4 Å². The van der Waals surface area contributed by atoms with Crippen LogP contribution in [-0.4, -0.2) is 22.3 Å². The summed E-state index contributed by atoms with van der Waals surface area (Å²) in [7, 11) is 0. The Morgan fingerprint density at radius 3 is 1.92 bits per heavy atom. The zero-order valence-corrected chi connectivity index (χ0v) is 15.5. The van der Waals surface area contributed by atoms with Crippen LogP contribution in [0.3, 0.4) is 0 Å². The van der Waals surface area contributed by atoms with Crippen molar-refractivity contribution in [1.29, 1.82) is 0 Å². The Balaban J connectivity index is 1.30. The normalized spacial score (nSPS) is 32.4. The number of hydrogen-bond donors (Lipinski definition) is 2. The fourth-order valence-electron chi connectivity index (χ4n) is 5.46. The van der Waals surface area contributed by atoms with Gasteiger partial charge in [0.15, 0.2) is 0 Å². The molecule has 0 saturated heterocycles. The van der Waals surface area contributed by atoms with Gasteiger partial charge in [0.25, 0.3) is 0 Å². The molecule has 134 valence electrons. The van der Waals surface area contributed by atoms with E-state index in [2.05, 4.69) is 10.6 Å². The lowest BCUT2D eigenvalue weighted by Crippen LogP contribution is -2.49. The van der Waals surface area contributed by atoms with Gasteiger partial charge in [0.05, 0.1) is 5.75 Å². The lowest BCUT2D eigenvalue weighted by Gasteiger charge is -2.56. The van der Waals surface area contributed by atoms with Crippen LogP contribution in [0.15, 0.2) is 24.3 Å². The van der Waals surface area contributed by atoms with E-state index in [4.69, 9.17) is 0 Å². The number of benzene rings is 1. The van der Waals surface area contributed by atoms with Gasteiger partial charge in [-0.05, 0) is 80.5 Å². The van der Waals surface area contributed by atoms with Crippen molar-refractivity contribution in [2.75, 3.05) is 16.4 Å². The second kappa shape index (κ2) is 6.67. The summed E-state index contributed by atoms with van der Waals surface area (Å²) in [6.45, 7) is 1.48. The highest BCUT2D eigenvalue weighted by Crippen LogP contribution is 2.60. The number of amides is 2. The number of rotatable bonds is 5. The first kappa shape index (κ1) is 17.0. The van der Waals surface area contributed by atoms with Crippen molar-refractivity contribution in [1.82, 2.24) is 0 Å². The maximum Gasteiger partial charge on any atom is 0.234 e. The molecule has 4 bridgehead atoms. The molecule has 4 fully saturated rings. The molecule has 1 aromatic rings. The van der Waals surface area contributed by atoms with Crippen LogP contribution in [0.2, 0.25) is 0 Å². The zero-order valence-electron chi connectivity index (χ0n) is 14.7. The minimum absolute atomic E-state index is 0.0769. The van der Waals surface area contributed by atoms with Crippen molar-refractivity contribution in [2.24, 2.45) is 17.8 Å². The molecule has 4 aliphatic carbocycles. The Morgan fingerprint density at radius 1 is 0.960 bits per heavy atom. The van der Waals surface area contributed by atoms with Gasteiger partial charge in [-0.15, -0.1) is 11.8 Å². The number of anilines is 2. The van der Waals surface area contributed by atoms with Gasteiger partial charge in [0.2, 0.25) is 11.8 Å². The van der Waals surface area contributed by atoms with Crippen molar-refractivity contribution in [3.63, 3.8) is 0 Å². The Kier molecular flexibility index (Phi) is 4.52. The minimum Gasteiger partial charge on any atom is -0.326 e. The van der Waals surface area contributed by atoms with Gasteiger partial charge in [0, 0.05) is 23.0 Å². The van der Waals surface area contributed by atoms with Crippen LogP contribution in [0.25, 0.3) is 0 Å². The van der Waals surface area contributed by atoms with Gasteiger partial charge < -0.3 is 10.6 Å². The van der Waals surface area contributed by atoms with Gasteiger partial charge in [-0.3, -0.25) is 9.59 Å². The van der Waals surface area contributed by atoms with Gasteiger partial charge in [-0.2, -0.15) is 0 Å². The van der Waals surface area contributed by atoms with E-state index in [9.17, 15) is 9.59 Å². The standard InChI is InChI=1S/C20H26N2O2S/c1-13(23)21-17-2-4-18(5-3-17)22-19(24)12-25-20-9-14-6-15(10-20)8-16(7-14)11-20/h2-5,14-16H,6-12H2,1H3,(H,21,23)(H,22,24). The van der Waals surface area contributed by atoms with Crippen LogP contribution in [-0.2, 0) is 9.59 Å². The quantitative estimate of drug-likeness (QED) is 0.826. The van der Waals surface area contributed by atoms with E-state index in [-0.39, 0.29) is 11.8 Å². The molecule has 2 N–H and O–H groups in total. The van der Waals surface area contributed by atoms with E-state index < -0.39 is 0 Å². The fraction of sp³-hybridized carbons (Fsp3) is 0.600. The van der Waals surface area contributed by atoms with Gasteiger partial charge >= 0.3 is 0 Å². The van der Waals surface area contributed by atoms with Gasteiger partial charge in [-0.1, -0.05) is 0 Å². The third-order valence-electron chi connectivity index (χ3n) is 5.98. The van der Waals surface area contributed by atoms with Crippen LogP contribution in [0.1, 0.15) is 45.4 Å². The molecular weight excluding hydrogens is 332 g/mol. The van der Waals surface area contributed by atoms with Crippen molar-refractivity contribution in [3.05, 3.63) is 24.3 Å². The summed E-state index contributed by atoms with van der Waals surface area (Å²) < 4.78 is 0.376. The molecule has 0 aliphatic heterocycles. The second-order valence-corrected chi connectivity index (χ2v) is 9.64. The Morgan fingerprint density at radius 2 is 1.44 bits per heavy atom. The first-order valence-electron chi connectivity index (χ1n) is 9.31. The summed E-state index contributed by atoms with van der Waals surface area (Å²) in [6.07, 6.45) is 8.28. The summed E-state index contributed by atoms with van der Waals surface area (Å²) in [5.74, 6) is 3.28. The van der Waals surface area contributed by atoms with Crippen molar-refractivity contribution < 1.29 is 9.59 Å². The number of hydrogen-bond acceptors (Lipinski definition) is 3. The highest BCUT2D eigenvalue weighted by molar-refractivity contribution is 8.01. The second-order valence-electron chi connectivity index (χ2n) is 8.20. The molecule has 4 saturated carbocycles. The Bertz CT molecular complexity index is 635. The molecule has 0 aromatic heterocycles. The average Bonchev–Trinajstić information content (AvgIpc) is 2.53. The molecule has 0 unspecified atom stereocenters. The van der Waals surface area contributed by atoms with Crippen molar-refractivity contribution in [2.45, 2.75) is 50.2 Å². The van der Waals surface area contributed by atoms with Crippen LogP contribution >= 0.6 is 11.8 Å². The summed E-state index contributed by atoms with van der Waals surface area (Å²) in [5.41, 5.74) is 1.53. The molecular formula is C20H26N2O2S. The predicted molar refractivity (Wildman–Crippen MR) is 103 cm³/mol. The Hall–Kier alpha value is -1.49. The molecule has 0 heterocycles. The monoisotopic (exact) mass is 358 g/mol. The number of nitrogens with one attached hydrogen (secondary N) is 2. The molecule has 0 atom stereocenters. The van der Waals surface area contributed by atoms with Crippen LogP contribution in [0.5, 0.6) is 0 Å². The predicted octanol–water partition coefficient (Wildman–Crippen LogP) is 4.29. The molecule has 25 heavy (non-hydrogen) atoms. The number of thioether (sulfide) groups is 1. The summed E-state index contributed by atoms with van der Waals surface area (Å²) in [5, 5.41) is 5.71. The van der Waals surface area contributed by atoms with Crippen LogP contribution in [0.4, 0.5) is 11.4 Å². The van der Waals surface area contributed by atoms with Crippen LogP contribution < -0.4 is 10.6 Å². The van der Waals surface area contributed by atoms with Crippen LogP contribution in [0, 0.1) is 17.8 Å². The smallest absolute Gasteiger partial charge is 0.234 e. The van der Waals surface area contributed by atoms with E-state index in [1.54, 1.807) is 0 Å². The zero-order chi connectivity index (χ0) is 17.4. The van der Waals surface area contributed by atoms with E-state index in [0.29, 0.717) is 10.5 Å². The fourth-order valence-corrected chi connectivity index (χ4v) is 7.03. The van der Waals surface area contributed by atoms with Gasteiger partial charge in [0.1, 0.15) is 0 Å². The van der Waals surface area contributed by atoms with E-state index in [1.807, 2.05) is 36.0 Å². The van der Waals surface area contributed by atoms with E-state index in [0.717, 1.165) is 29.1 Å². The summed E-state index contributed by atoms with van der Waals surface area (Å²) >= 11 is 1.90. The van der Waals surface area contributed by atoms with Crippen molar-refractivity contribution >= 4 is 35.0 Å². The lowest BCUT2D eigenvalue weighted by molar-refractivity contribution is -0.114. The molecule has 4 nitrogen and oxygen atoms in total. The van der Waals surface area contributed by atoms with Crippen molar-refractivity contribution in [3.8, 4) is 0 Å². The minimum atomic E-state index is -0.0937. The number of carbonyl (C=O) groups is 2. The molecule has 5 rings (SSSR count). The maximum absolute atomic E-state index is 12.4. The molecule has 1 aromatic carbocycles. The largest absolute Gasteiger partial charge is 0.326 e. The summed E-state index contributed by atoms with van der Waals surface area (Å²) in [4.78, 5) is 23.4. The first-order chi connectivity index (χ1) is 12.0. The number of carbonyl (C=O) groups excluding carboxylic acids is 2. The third kappa shape index (κ3) is 3.86. The Labute approximate surface area is 153 Å². The maximum atomic E-state index is 12.4. The highest BCUT2D eigenvalue weighted by atomic mass is 32.2. The average molecular weight is 359 g/mol. The lowest BCUT2D eigenvalue weighted by atomic mass is 9.56. The topological polar surface area (TPSA) is 58.2 Å². The third-order valence-corrected chi connectivity index (χ3v) is 7.50. The molecule has 0 spiro atoms. The van der Waals surface area contributed by atoms with E-state index >= 15 is 0 Å². The molecule has 4 aliphatic rings. The SMILES string of the molecule is CC(=O)Nc1ccc(NC(=O)CSC23CC4CC(CC(C4)C2)C3)cc1. The van der Waals surface area contributed by atoms with Gasteiger partial charge in [-0.25, -0.2) is 0 Å². The molecule has 0 radical (unpaired) electrons. The molecule has 5 heteroatoms. The highest BCUT2D eigenvalue weighted by Gasteiger charge is 2.51. The molecule has 2 amide bonds. The summed E-state index contributed by atoms with van der Waals surface area (Å²) in [6, 6.07) is 7.28.